The van der Waals surface area contributed by atoms with Crippen molar-refractivity contribution in [1.29, 1.82) is 0 Å². The van der Waals surface area contributed by atoms with Crippen molar-refractivity contribution in [2.75, 3.05) is 7.05 Å². The second kappa shape index (κ2) is 8.47. The topological polar surface area (TPSA) is 76.0 Å². The molecule has 0 atom stereocenters. The molecule has 0 aliphatic carbocycles. The largest absolute Gasteiger partial charge is 0.355 e. The van der Waals surface area contributed by atoms with Crippen LogP contribution in [0.4, 0.5) is 4.39 Å². The molecule has 2 aromatic carbocycles. The molecule has 0 aliphatic rings. The molecule has 144 valence electrons. The Morgan fingerprint density at radius 1 is 1.04 bits per heavy atom. The highest BCUT2D eigenvalue weighted by Crippen LogP contribution is 2.16. The van der Waals surface area contributed by atoms with Gasteiger partial charge in [-0.2, -0.15) is 5.10 Å². The van der Waals surface area contributed by atoms with E-state index in [1.807, 2.05) is 6.92 Å². The zero-order chi connectivity index (χ0) is 20.1. The van der Waals surface area contributed by atoms with Gasteiger partial charge in [0.15, 0.2) is 0 Å². The van der Waals surface area contributed by atoms with Crippen LogP contribution in [0.1, 0.15) is 38.9 Å². The molecule has 0 spiro atoms. The minimum Gasteiger partial charge on any atom is -0.355 e. The number of benzene rings is 2. The summed E-state index contributed by atoms with van der Waals surface area (Å²) in [6.45, 7) is 2.27. The lowest BCUT2D eigenvalue weighted by molar-refractivity contribution is 0.0945. The first-order chi connectivity index (χ1) is 13.5. The Morgan fingerprint density at radius 3 is 2.32 bits per heavy atom. The molecule has 3 aromatic rings. The number of hydrogen-bond donors (Lipinski definition) is 2. The van der Waals surface area contributed by atoms with E-state index in [4.69, 9.17) is 0 Å². The smallest absolute Gasteiger partial charge is 0.255 e. The van der Waals surface area contributed by atoms with Crippen LogP contribution in [0.2, 0.25) is 0 Å². The summed E-state index contributed by atoms with van der Waals surface area (Å²) < 4.78 is 14.8. The van der Waals surface area contributed by atoms with Crippen molar-refractivity contribution >= 4 is 11.8 Å². The number of carbonyl (C=O) groups is 2. The Kier molecular flexibility index (Phi) is 5.84. The van der Waals surface area contributed by atoms with E-state index < -0.39 is 0 Å². The first-order valence-corrected chi connectivity index (χ1v) is 8.95. The van der Waals surface area contributed by atoms with Crippen LogP contribution in [-0.2, 0) is 13.0 Å². The van der Waals surface area contributed by atoms with Gasteiger partial charge in [0.1, 0.15) is 5.82 Å². The van der Waals surface area contributed by atoms with Crippen molar-refractivity contribution < 1.29 is 14.0 Å². The van der Waals surface area contributed by atoms with Gasteiger partial charge in [-0.25, -0.2) is 9.07 Å². The fourth-order valence-electron chi connectivity index (χ4n) is 2.90. The summed E-state index contributed by atoms with van der Waals surface area (Å²) in [4.78, 5) is 24.2. The Labute approximate surface area is 162 Å². The first-order valence-electron chi connectivity index (χ1n) is 8.95. The molecule has 6 nitrogen and oxygen atoms in total. The van der Waals surface area contributed by atoms with Crippen molar-refractivity contribution in [3.8, 4) is 5.69 Å². The standard InChI is InChI=1S/C21H21FN4O2/c1-3-19-18(13-25-26(19)17-10-8-16(22)9-11-17)21(28)24-12-14-4-6-15(7-5-14)20(27)23-2/h4-11,13H,3,12H2,1-2H3,(H,23,27)(H,24,28). The van der Waals surface area contributed by atoms with Gasteiger partial charge in [0.25, 0.3) is 11.8 Å². The summed E-state index contributed by atoms with van der Waals surface area (Å²) in [6.07, 6.45) is 2.12. The van der Waals surface area contributed by atoms with Gasteiger partial charge in [-0.05, 0) is 48.4 Å². The summed E-state index contributed by atoms with van der Waals surface area (Å²) >= 11 is 0. The molecular weight excluding hydrogens is 359 g/mol. The Balaban J connectivity index is 1.72. The number of hydrogen-bond acceptors (Lipinski definition) is 3. The molecule has 3 rings (SSSR count). The van der Waals surface area contributed by atoms with Gasteiger partial charge in [0.2, 0.25) is 0 Å². The number of nitrogens with one attached hydrogen (secondary N) is 2. The fourth-order valence-corrected chi connectivity index (χ4v) is 2.90. The lowest BCUT2D eigenvalue weighted by atomic mass is 10.1. The lowest BCUT2D eigenvalue weighted by Gasteiger charge is -2.09. The van der Waals surface area contributed by atoms with Crippen LogP contribution in [0.25, 0.3) is 5.69 Å². The van der Waals surface area contributed by atoms with E-state index in [1.165, 1.54) is 18.3 Å². The van der Waals surface area contributed by atoms with E-state index in [0.717, 1.165) is 11.3 Å². The molecule has 1 heterocycles. The molecule has 0 aliphatic heterocycles. The van der Waals surface area contributed by atoms with Crippen LogP contribution < -0.4 is 10.6 Å². The quantitative estimate of drug-likeness (QED) is 0.690. The number of halogens is 1. The van der Waals surface area contributed by atoms with Crippen molar-refractivity contribution in [1.82, 2.24) is 20.4 Å². The summed E-state index contributed by atoms with van der Waals surface area (Å²) in [7, 11) is 1.58. The Hall–Kier alpha value is -3.48. The van der Waals surface area contributed by atoms with E-state index in [-0.39, 0.29) is 17.6 Å². The molecule has 0 radical (unpaired) electrons. The van der Waals surface area contributed by atoms with E-state index in [9.17, 15) is 14.0 Å². The predicted octanol–water partition coefficient (Wildman–Crippen LogP) is 2.86. The lowest BCUT2D eigenvalue weighted by Crippen LogP contribution is -2.24. The zero-order valence-corrected chi connectivity index (χ0v) is 15.7. The van der Waals surface area contributed by atoms with E-state index in [0.29, 0.717) is 29.8 Å². The number of amides is 2. The van der Waals surface area contributed by atoms with Gasteiger partial charge in [-0.3, -0.25) is 9.59 Å². The molecule has 1 aromatic heterocycles. The maximum absolute atomic E-state index is 13.2. The van der Waals surface area contributed by atoms with Gasteiger partial charge < -0.3 is 10.6 Å². The minimum absolute atomic E-state index is 0.156. The molecule has 7 heteroatoms. The summed E-state index contributed by atoms with van der Waals surface area (Å²) in [5, 5.41) is 9.73. The zero-order valence-electron chi connectivity index (χ0n) is 15.7. The molecule has 0 saturated carbocycles. The average Bonchev–Trinajstić information content (AvgIpc) is 3.16. The first kappa shape index (κ1) is 19.3. The number of nitrogens with zero attached hydrogens (tertiary/aromatic N) is 2. The highest BCUT2D eigenvalue weighted by atomic mass is 19.1. The van der Waals surface area contributed by atoms with E-state index in [1.54, 1.807) is 48.1 Å². The third-order valence-corrected chi connectivity index (χ3v) is 4.42. The SMILES string of the molecule is CCc1c(C(=O)NCc2ccc(C(=O)NC)cc2)cnn1-c1ccc(F)cc1. The average molecular weight is 380 g/mol. The monoisotopic (exact) mass is 380 g/mol. The summed E-state index contributed by atoms with van der Waals surface area (Å²) in [5.41, 5.74) is 3.37. The van der Waals surface area contributed by atoms with Gasteiger partial charge in [0.05, 0.1) is 23.1 Å². The summed E-state index contributed by atoms with van der Waals surface area (Å²) in [6, 6.07) is 13.0. The van der Waals surface area contributed by atoms with Crippen LogP contribution in [0.5, 0.6) is 0 Å². The highest BCUT2D eigenvalue weighted by Gasteiger charge is 2.17. The van der Waals surface area contributed by atoms with Crippen LogP contribution in [0, 0.1) is 5.82 Å². The van der Waals surface area contributed by atoms with Crippen molar-refractivity contribution in [2.45, 2.75) is 19.9 Å². The molecule has 0 fully saturated rings. The maximum Gasteiger partial charge on any atom is 0.255 e. The van der Waals surface area contributed by atoms with Gasteiger partial charge in [-0.15, -0.1) is 0 Å². The maximum atomic E-state index is 13.2. The number of rotatable bonds is 6. The van der Waals surface area contributed by atoms with Crippen molar-refractivity contribution in [2.24, 2.45) is 0 Å². The van der Waals surface area contributed by atoms with E-state index >= 15 is 0 Å². The second-order valence-corrected chi connectivity index (χ2v) is 6.21. The molecule has 2 N–H and O–H groups in total. The van der Waals surface area contributed by atoms with Crippen molar-refractivity contribution in [3.63, 3.8) is 0 Å². The third kappa shape index (κ3) is 4.09. The highest BCUT2D eigenvalue weighted by molar-refractivity contribution is 5.95. The summed E-state index contributed by atoms with van der Waals surface area (Å²) in [5.74, 6) is -0.716. The molecule has 28 heavy (non-hydrogen) atoms. The molecule has 0 saturated heterocycles. The fraction of sp³-hybridized carbons (Fsp3) is 0.190. The van der Waals surface area contributed by atoms with Crippen LogP contribution in [0.3, 0.4) is 0 Å². The molecule has 0 bridgehead atoms. The number of carbonyl (C=O) groups excluding carboxylic acids is 2. The van der Waals surface area contributed by atoms with Gasteiger partial charge in [-0.1, -0.05) is 19.1 Å². The van der Waals surface area contributed by atoms with E-state index in [2.05, 4.69) is 15.7 Å². The molecule has 0 unspecified atom stereocenters. The van der Waals surface area contributed by atoms with Crippen molar-refractivity contribution in [3.05, 3.63) is 82.9 Å². The normalized spacial score (nSPS) is 10.5. The minimum atomic E-state index is -0.325. The second-order valence-electron chi connectivity index (χ2n) is 6.21. The molecular formula is C21H21FN4O2. The van der Waals surface area contributed by atoms with Crippen LogP contribution >= 0.6 is 0 Å². The third-order valence-electron chi connectivity index (χ3n) is 4.42. The predicted molar refractivity (Wildman–Crippen MR) is 104 cm³/mol. The van der Waals surface area contributed by atoms with Gasteiger partial charge in [0, 0.05) is 19.2 Å². The Bertz CT molecular complexity index is 979. The molecule has 2 amide bonds. The van der Waals surface area contributed by atoms with Gasteiger partial charge >= 0.3 is 0 Å². The number of aromatic nitrogens is 2. The Morgan fingerprint density at radius 2 is 1.71 bits per heavy atom. The van der Waals surface area contributed by atoms with Crippen LogP contribution in [0.15, 0.2) is 54.7 Å². The van der Waals surface area contributed by atoms with Crippen LogP contribution in [-0.4, -0.2) is 28.6 Å².